The van der Waals surface area contributed by atoms with Gasteiger partial charge in [0.05, 0.1) is 19.1 Å². The lowest BCUT2D eigenvalue weighted by atomic mass is 9.84. The maximum Gasteiger partial charge on any atom is 0.224 e. The Morgan fingerprint density at radius 3 is 2.79 bits per heavy atom. The van der Waals surface area contributed by atoms with Crippen LogP contribution in [0.1, 0.15) is 35.2 Å². The van der Waals surface area contributed by atoms with Gasteiger partial charge in [-0.2, -0.15) is 0 Å². The van der Waals surface area contributed by atoms with Crippen molar-refractivity contribution in [2.75, 3.05) is 7.11 Å². The Balaban J connectivity index is 1.27. The number of benzene rings is 2. The van der Waals surface area contributed by atoms with Crippen molar-refractivity contribution in [2.45, 2.75) is 31.4 Å². The number of ether oxygens (including phenoxy) is 2. The molecule has 2 aliphatic carbocycles. The largest absolute Gasteiger partial charge is 0.497 e. The Bertz CT molecular complexity index is 938. The second kappa shape index (κ2) is 6.36. The lowest BCUT2D eigenvalue weighted by Crippen LogP contribution is -2.44. The Morgan fingerprint density at radius 1 is 1.21 bits per heavy atom. The maximum atomic E-state index is 12.8. The molecule has 1 amide bonds. The molecule has 1 N–H and O–H groups in total. The Kier molecular flexibility index (Phi) is 3.93. The van der Waals surface area contributed by atoms with Gasteiger partial charge in [0, 0.05) is 18.4 Å². The second-order valence-electron chi connectivity index (χ2n) is 8.08. The minimum Gasteiger partial charge on any atom is -0.497 e. The Hall–Kier alpha value is -2.82. The van der Waals surface area contributed by atoms with Gasteiger partial charge in [-0.1, -0.05) is 24.3 Å². The summed E-state index contributed by atoms with van der Waals surface area (Å²) < 4.78 is 11.5. The summed E-state index contributed by atoms with van der Waals surface area (Å²) in [5.74, 6) is 2.09. The smallest absolute Gasteiger partial charge is 0.224 e. The van der Waals surface area contributed by atoms with E-state index in [-0.39, 0.29) is 23.5 Å². The predicted octanol–water partition coefficient (Wildman–Crippen LogP) is 3.37. The monoisotopic (exact) mass is 377 g/mol. The van der Waals surface area contributed by atoms with Crippen LogP contribution in [0.4, 0.5) is 0 Å². The number of fused-ring (bicyclic) bond motifs is 3. The van der Waals surface area contributed by atoms with Crippen LogP contribution in [0, 0.1) is 17.8 Å². The van der Waals surface area contributed by atoms with Crippen molar-refractivity contribution in [1.82, 2.24) is 5.32 Å². The van der Waals surface area contributed by atoms with Gasteiger partial charge in [0.25, 0.3) is 0 Å². The molecule has 1 heterocycles. The van der Waals surface area contributed by atoms with Crippen LogP contribution in [0.25, 0.3) is 0 Å². The molecule has 5 heteroatoms. The van der Waals surface area contributed by atoms with Crippen molar-refractivity contribution < 1.29 is 19.1 Å². The number of carbonyl (C=O) groups excluding carboxylic acids is 2. The van der Waals surface area contributed by atoms with Crippen molar-refractivity contribution in [3.05, 3.63) is 59.7 Å². The number of rotatable bonds is 4. The van der Waals surface area contributed by atoms with Gasteiger partial charge in [-0.25, -0.2) is 0 Å². The minimum absolute atomic E-state index is 0.0509. The van der Waals surface area contributed by atoms with E-state index in [9.17, 15) is 9.59 Å². The van der Waals surface area contributed by atoms with E-state index in [0.717, 1.165) is 24.2 Å². The molecular weight excluding hydrogens is 354 g/mol. The van der Waals surface area contributed by atoms with Crippen LogP contribution in [0.15, 0.2) is 48.5 Å². The van der Waals surface area contributed by atoms with E-state index >= 15 is 0 Å². The van der Waals surface area contributed by atoms with Crippen LogP contribution in [0.2, 0.25) is 0 Å². The molecule has 0 aromatic heterocycles. The third-order valence-electron chi connectivity index (χ3n) is 6.57. The summed E-state index contributed by atoms with van der Waals surface area (Å²) in [6.07, 6.45) is 2.18. The van der Waals surface area contributed by atoms with Crippen LogP contribution < -0.4 is 14.8 Å². The van der Waals surface area contributed by atoms with E-state index in [0.29, 0.717) is 30.2 Å². The van der Waals surface area contributed by atoms with Crippen molar-refractivity contribution in [3.63, 3.8) is 0 Å². The molecule has 2 saturated carbocycles. The van der Waals surface area contributed by atoms with Gasteiger partial charge < -0.3 is 14.8 Å². The maximum absolute atomic E-state index is 12.8. The number of hydrogen-bond acceptors (Lipinski definition) is 4. The molecule has 2 aromatic carbocycles. The molecule has 3 aliphatic rings. The van der Waals surface area contributed by atoms with Crippen molar-refractivity contribution in [2.24, 2.45) is 17.8 Å². The van der Waals surface area contributed by atoms with E-state index in [1.165, 1.54) is 0 Å². The molecule has 2 fully saturated rings. The first kappa shape index (κ1) is 17.3. The molecule has 5 rings (SSSR count). The van der Waals surface area contributed by atoms with Crippen LogP contribution in [0.3, 0.4) is 0 Å². The molecule has 0 radical (unpaired) electrons. The third kappa shape index (κ3) is 2.68. The van der Waals surface area contributed by atoms with Crippen molar-refractivity contribution in [3.8, 4) is 11.5 Å². The van der Waals surface area contributed by atoms with Gasteiger partial charge in [0.1, 0.15) is 17.1 Å². The molecule has 1 aliphatic heterocycles. The van der Waals surface area contributed by atoms with E-state index in [2.05, 4.69) is 5.32 Å². The number of nitrogens with one attached hydrogen (secondary N) is 1. The lowest BCUT2D eigenvalue weighted by molar-refractivity contribution is -0.124. The topological polar surface area (TPSA) is 64.6 Å². The van der Waals surface area contributed by atoms with Gasteiger partial charge >= 0.3 is 0 Å². The summed E-state index contributed by atoms with van der Waals surface area (Å²) in [4.78, 5) is 25.5. The van der Waals surface area contributed by atoms with Crippen LogP contribution in [-0.4, -0.2) is 24.4 Å². The predicted molar refractivity (Wildman–Crippen MR) is 103 cm³/mol. The van der Waals surface area contributed by atoms with E-state index < -0.39 is 5.60 Å². The molecule has 144 valence electrons. The summed E-state index contributed by atoms with van der Waals surface area (Å²) in [5.41, 5.74) is 1.20. The zero-order valence-electron chi connectivity index (χ0n) is 15.8. The fourth-order valence-corrected chi connectivity index (χ4v) is 5.17. The normalized spacial score (nSPS) is 29.6. The highest BCUT2D eigenvalue weighted by atomic mass is 16.5. The zero-order valence-corrected chi connectivity index (χ0v) is 15.8. The van der Waals surface area contributed by atoms with E-state index in [1.54, 1.807) is 7.11 Å². The number of hydrogen-bond donors (Lipinski definition) is 1. The zero-order chi connectivity index (χ0) is 19.3. The molecule has 0 bridgehead atoms. The fourth-order valence-electron chi connectivity index (χ4n) is 5.17. The van der Waals surface area contributed by atoms with Crippen molar-refractivity contribution >= 4 is 11.7 Å². The number of amides is 1. The molecule has 1 spiro atoms. The summed E-state index contributed by atoms with van der Waals surface area (Å²) in [5, 5.41) is 3.06. The lowest BCUT2D eigenvalue weighted by Gasteiger charge is -2.37. The number of Topliss-reactive ketones (excluding diaryl/α,β-unsaturated/α-hetero) is 1. The van der Waals surface area contributed by atoms with Crippen LogP contribution in [-0.2, 0) is 11.3 Å². The van der Waals surface area contributed by atoms with Gasteiger partial charge in [-0.05, 0) is 48.6 Å². The summed E-state index contributed by atoms with van der Waals surface area (Å²) >= 11 is 0. The summed E-state index contributed by atoms with van der Waals surface area (Å²) in [7, 11) is 1.63. The molecule has 2 aromatic rings. The Labute approximate surface area is 164 Å². The summed E-state index contributed by atoms with van der Waals surface area (Å²) in [6.45, 7) is 0.494. The standard InChI is InChI=1S/C23H23NO4/c1-27-15-8-6-14(7-9-15)13-24-22(26)20-17-10-11-23(21(17)20)12-18(25)16-4-2-3-5-19(16)28-23/h2-9,17,20-21H,10-13H2,1H3,(H,24,26)/t17-,20+,21-,23-/m0/s1. The molecule has 0 saturated heterocycles. The fraction of sp³-hybridized carbons (Fsp3) is 0.391. The van der Waals surface area contributed by atoms with E-state index in [1.807, 2.05) is 48.5 Å². The highest BCUT2D eigenvalue weighted by Gasteiger charge is 2.70. The molecular formula is C23H23NO4. The third-order valence-corrected chi connectivity index (χ3v) is 6.57. The second-order valence-corrected chi connectivity index (χ2v) is 8.08. The Morgan fingerprint density at radius 2 is 2.00 bits per heavy atom. The van der Waals surface area contributed by atoms with Gasteiger partial charge in [0.2, 0.25) is 5.91 Å². The summed E-state index contributed by atoms with van der Waals surface area (Å²) in [6, 6.07) is 15.1. The number of ketones is 1. The molecule has 5 nitrogen and oxygen atoms in total. The molecule has 0 unspecified atom stereocenters. The van der Waals surface area contributed by atoms with E-state index in [4.69, 9.17) is 9.47 Å². The average Bonchev–Trinajstić information content (AvgIpc) is 3.37. The first-order chi connectivity index (χ1) is 13.6. The molecule has 4 atom stereocenters. The van der Waals surface area contributed by atoms with Crippen LogP contribution >= 0.6 is 0 Å². The van der Waals surface area contributed by atoms with Crippen LogP contribution in [0.5, 0.6) is 11.5 Å². The highest BCUT2D eigenvalue weighted by molar-refractivity contribution is 6.00. The quantitative estimate of drug-likeness (QED) is 0.887. The van der Waals surface area contributed by atoms with Crippen molar-refractivity contribution in [1.29, 1.82) is 0 Å². The number of carbonyl (C=O) groups is 2. The average molecular weight is 377 g/mol. The molecule has 28 heavy (non-hydrogen) atoms. The van der Waals surface area contributed by atoms with Gasteiger partial charge in [-0.15, -0.1) is 0 Å². The highest BCUT2D eigenvalue weighted by Crippen LogP contribution is 2.65. The minimum atomic E-state index is -0.502. The van der Waals surface area contributed by atoms with Gasteiger partial charge in [-0.3, -0.25) is 9.59 Å². The first-order valence-corrected chi connectivity index (χ1v) is 9.83. The van der Waals surface area contributed by atoms with Gasteiger partial charge in [0.15, 0.2) is 5.78 Å². The number of methoxy groups -OCH3 is 1. The SMILES string of the molecule is COc1ccc(CNC(=O)[C@@H]2[C@@H]3CC[C@]4(CC(=O)c5ccccc5O4)[C@@H]32)cc1. The number of para-hydroxylation sites is 1. The first-order valence-electron chi connectivity index (χ1n) is 9.83.